The molecule has 1 N–H and O–H groups in total. The average molecular weight is 227 g/mol. The highest BCUT2D eigenvalue weighted by atomic mass is 16.3. The molecule has 2 nitrogen and oxygen atoms in total. The van der Waals surface area contributed by atoms with Gasteiger partial charge in [-0.15, -0.1) is 0 Å². The summed E-state index contributed by atoms with van der Waals surface area (Å²) in [6, 6.07) is 0. The maximum Gasteiger partial charge on any atom is 0.0600 e. The highest BCUT2D eigenvalue weighted by Gasteiger charge is 2.25. The zero-order chi connectivity index (χ0) is 12.2. The monoisotopic (exact) mass is 227 g/mol. The highest BCUT2D eigenvalue weighted by molar-refractivity contribution is 4.78. The topological polar surface area (TPSA) is 23.5 Å². The van der Waals surface area contributed by atoms with Crippen LogP contribution in [0, 0.1) is 11.3 Å². The Labute approximate surface area is 101 Å². The van der Waals surface area contributed by atoms with E-state index in [0.29, 0.717) is 0 Å². The van der Waals surface area contributed by atoms with E-state index in [1.165, 1.54) is 32.4 Å². The molecule has 1 rings (SSSR count). The van der Waals surface area contributed by atoms with Gasteiger partial charge < -0.3 is 10.0 Å². The first-order valence-electron chi connectivity index (χ1n) is 6.84. The molecule has 0 saturated carbocycles. The van der Waals surface area contributed by atoms with Gasteiger partial charge in [-0.3, -0.25) is 0 Å². The van der Waals surface area contributed by atoms with Crippen molar-refractivity contribution in [3.63, 3.8) is 0 Å². The van der Waals surface area contributed by atoms with Crippen molar-refractivity contribution in [2.45, 2.75) is 59.5 Å². The molecule has 0 bridgehead atoms. The average Bonchev–Trinajstić information content (AvgIpc) is 2.61. The smallest absolute Gasteiger partial charge is 0.0600 e. The van der Waals surface area contributed by atoms with Crippen molar-refractivity contribution in [1.82, 2.24) is 4.90 Å². The van der Waals surface area contributed by atoms with Gasteiger partial charge in [-0.25, -0.2) is 0 Å². The molecule has 96 valence electrons. The minimum absolute atomic E-state index is 0.0303. The summed E-state index contributed by atoms with van der Waals surface area (Å²) < 4.78 is 0. The number of nitrogens with zero attached hydrogens (tertiary/aromatic N) is 1. The van der Waals surface area contributed by atoms with Gasteiger partial charge in [0.15, 0.2) is 0 Å². The molecule has 1 fully saturated rings. The van der Waals surface area contributed by atoms with Gasteiger partial charge in [0.1, 0.15) is 0 Å². The first-order chi connectivity index (χ1) is 7.43. The van der Waals surface area contributed by atoms with Crippen LogP contribution < -0.4 is 0 Å². The van der Waals surface area contributed by atoms with E-state index in [1.54, 1.807) is 0 Å². The van der Waals surface area contributed by atoms with Crippen LogP contribution in [-0.4, -0.2) is 35.7 Å². The van der Waals surface area contributed by atoms with Crippen LogP contribution in [0.25, 0.3) is 0 Å². The van der Waals surface area contributed by atoms with Gasteiger partial charge in [-0.05, 0) is 37.1 Å². The van der Waals surface area contributed by atoms with Crippen LogP contribution in [0.3, 0.4) is 0 Å². The van der Waals surface area contributed by atoms with Gasteiger partial charge in [0, 0.05) is 13.1 Å². The fourth-order valence-corrected chi connectivity index (χ4v) is 2.50. The quantitative estimate of drug-likeness (QED) is 0.780. The Bertz CT molecular complexity index is 197. The predicted octanol–water partition coefficient (Wildman–Crippen LogP) is 2.91. The van der Waals surface area contributed by atoms with E-state index in [-0.39, 0.29) is 11.5 Å². The van der Waals surface area contributed by atoms with Gasteiger partial charge in [0.25, 0.3) is 0 Å². The summed E-state index contributed by atoms with van der Waals surface area (Å²) in [7, 11) is 0. The zero-order valence-electron chi connectivity index (χ0n) is 11.5. The van der Waals surface area contributed by atoms with E-state index in [1.807, 2.05) is 0 Å². The number of aliphatic hydroxyl groups is 1. The third-order valence-electron chi connectivity index (χ3n) is 3.79. The number of rotatable bonds is 5. The summed E-state index contributed by atoms with van der Waals surface area (Å²) in [4.78, 5) is 2.52. The predicted molar refractivity (Wildman–Crippen MR) is 69.5 cm³/mol. The molecule has 16 heavy (non-hydrogen) atoms. The molecule has 2 atom stereocenters. The van der Waals surface area contributed by atoms with E-state index < -0.39 is 0 Å². The molecule has 0 aromatic carbocycles. The van der Waals surface area contributed by atoms with Crippen LogP contribution in [0.1, 0.15) is 53.4 Å². The summed E-state index contributed by atoms with van der Waals surface area (Å²) in [5.74, 6) is 0.914. The SMILES string of the molecule is CCCC1CCN(CCC(O)C(C)(C)C)C1. The number of hydrogen-bond acceptors (Lipinski definition) is 2. The lowest BCUT2D eigenvalue weighted by atomic mass is 9.87. The van der Waals surface area contributed by atoms with Gasteiger partial charge in [-0.2, -0.15) is 0 Å². The van der Waals surface area contributed by atoms with Crippen LogP contribution >= 0.6 is 0 Å². The van der Waals surface area contributed by atoms with Crippen molar-refractivity contribution in [3.05, 3.63) is 0 Å². The molecule has 2 unspecified atom stereocenters. The third-order valence-corrected chi connectivity index (χ3v) is 3.79. The van der Waals surface area contributed by atoms with Crippen LogP contribution in [0.2, 0.25) is 0 Å². The molecule has 1 aliphatic rings. The van der Waals surface area contributed by atoms with Gasteiger partial charge >= 0.3 is 0 Å². The minimum Gasteiger partial charge on any atom is -0.393 e. The third kappa shape index (κ3) is 4.42. The Hall–Kier alpha value is -0.0800. The highest BCUT2D eigenvalue weighted by Crippen LogP contribution is 2.24. The lowest BCUT2D eigenvalue weighted by Gasteiger charge is -2.27. The molecule has 0 spiro atoms. The summed E-state index contributed by atoms with van der Waals surface area (Å²) in [5.41, 5.74) is 0.0303. The van der Waals surface area contributed by atoms with Crippen LogP contribution in [0.15, 0.2) is 0 Å². The second-order valence-electron chi connectivity index (χ2n) is 6.41. The Morgan fingerprint density at radius 1 is 1.38 bits per heavy atom. The molecule has 0 aromatic rings. The van der Waals surface area contributed by atoms with Gasteiger partial charge in [0.2, 0.25) is 0 Å². The standard InChI is InChI=1S/C14H29NO/c1-5-6-12-7-9-15(11-12)10-8-13(16)14(2,3)4/h12-13,16H,5-11H2,1-4H3. The Balaban J connectivity index is 2.20. The number of aliphatic hydroxyl groups excluding tert-OH is 1. The molecule has 0 aliphatic carbocycles. The summed E-state index contributed by atoms with van der Waals surface area (Å²) in [6.07, 6.45) is 4.79. The van der Waals surface area contributed by atoms with Crippen molar-refractivity contribution < 1.29 is 5.11 Å². The van der Waals surface area contributed by atoms with E-state index in [9.17, 15) is 5.11 Å². The lowest BCUT2D eigenvalue weighted by Crippen LogP contribution is -2.31. The van der Waals surface area contributed by atoms with Crippen LogP contribution in [-0.2, 0) is 0 Å². The van der Waals surface area contributed by atoms with Gasteiger partial charge in [0.05, 0.1) is 6.10 Å². The second-order valence-corrected chi connectivity index (χ2v) is 6.41. The number of likely N-dealkylation sites (tertiary alicyclic amines) is 1. The van der Waals surface area contributed by atoms with E-state index in [0.717, 1.165) is 18.9 Å². The van der Waals surface area contributed by atoms with Crippen molar-refractivity contribution in [2.75, 3.05) is 19.6 Å². The van der Waals surface area contributed by atoms with Gasteiger partial charge in [-0.1, -0.05) is 34.1 Å². The molecule has 1 aliphatic heterocycles. The summed E-state index contributed by atoms with van der Waals surface area (Å²) in [6.45, 7) is 12.2. The normalized spacial score (nSPS) is 24.9. The Kier molecular flexibility index (Phi) is 5.26. The van der Waals surface area contributed by atoms with E-state index in [2.05, 4.69) is 32.6 Å². The fourth-order valence-electron chi connectivity index (χ4n) is 2.50. The summed E-state index contributed by atoms with van der Waals surface area (Å²) >= 11 is 0. The van der Waals surface area contributed by atoms with E-state index in [4.69, 9.17) is 0 Å². The first kappa shape index (κ1) is 14.0. The molecule has 2 heteroatoms. The Morgan fingerprint density at radius 2 is 2.06 bits per heavy atom. The van der Waals surface area contributed by atoms with E-state index >= 15 is 0 Å². The first-order valence-corrected chi connectivity index (χ1v) is 6.84. The lowest BCUT2D eigenvalue weighted by molar-refractivity contribution is 0.0474. The van der Waals surface area contributed by atoms with Crippen LogP contribution in [0.4, 0.5) is 0 Å². The molecular formula is C14H29NO. The second kappa shape index (κ2) is 6.02. The Morgan fingerprint density at radius 3 is 2.62 bits per heavy atom. The minimum atomic E-state index is -0.169. The van der Waals surface area contributed by atoms with Crippen molar-refractivity contribution in [3.8, 4) is 0 Å². The molecule has 0 aromatic heterocycles. The maximum absolute atomic E-state index is 9.99. The molecule has 0 amide bonds. The largest absolute Gasteiger partial charge is 0.393 e. The molecular weight excluding hydrogens is 198 g/mol. The molecule has 1 saturated heterocycles. The van der Waals surface area contributed by atoms with Crippen molar-refractivity contribution >= 4 is 0 Å². The molecule has 0 radical (unpaired) electrons. The van der Waals surface area contributed by atoms with Crippen molar-refractivity contribution in [1.29, 1.82) is 0 Å². The summed E-state index contributed by atoms with van der Waals surface area (Å²) in [5, 5.41) is 9.99. The maximum atomic E-state index is 9.99. The van der Waals surface area contributed by atoms with Crippen LogP contribution in [0.5, 0.6) is 0 Å². The molecule has 1 heterocycles. The zero-order valence-corrected chi connectivity index (χ0v) is 11.5. The number of hydrogen-bond donors (Lipinski definition) is 1. The van der Waals surface area contributed by atoms with Crippen molar-refractivity contribution in [2.24, 2.45) is 11.3 Å². The fraction of sp³-hybridized carbons (Fsp3) is 1.00.